The molecule has 0 aliphatic carbocycles. The Kier molecular flexibility index (Phi) is 13.2. The first-order chi connectivity index (χ1) is 12.3. The lowest BCUT2D eigenvalue weighted by atomic mass is 9.83. The van der Waals surface area contributed by atoms with Crippen molar-refractivity contribution < 1.29 is 28.6 Å². The minimum absolute atomic E-state index is 0.135. The first-order valence-corrected chi connectivity index (χ1v) is 10.1. The van der Waals surface area contributed by atoms with Crippen molar-refractivity contribution in [2.24, 2.45) is 17.1 Å². The Morgan fingerprint density at radius 3 is 2.46 bits per heavy atom. The second-order valence-electron chi connectivity index (χ2n) is 6.49. The average Bonchev–Trinajstić information content (AvgIpc) is 2.62. The molecule has 0 aliphatic heterocycles. The van der Waals surface area contributed by atoms with Crippen molar-refractivity contribution in [3.05, 3.63) is 0 Å². The van der Waals surface area contributed by atoms with Crippen molar-refractivity contribution >= 4 is 29.7 Å². The highest BCUT2D eigenvalue weighted by molar-refractivity contribution is 7.99. The molecule has 2 unspecified atom stereocenters. The van der Waals surface area contributed by atoms with Crippen molar-refractivity contribution in [3.8, 4) is 0 Å². The number of rotatable bonds is 14. The predicted molar refractivity (Wildman–Crippen MR) is 102 cm³/mol. The highest BCUT2D eigenvalue weighted by atomic mass is 32.2. The van der Waals surface area contributed by atoms with E-state index in [0.29, 0.717) is 24.5 Å². The van der Waals surface area contributed by atoms with Gasteiger partial charge in [-0.2, -0.15) is 11.8 Å². The molecule has 0 saturated carbocycles. The van der Waals surface area contributed by atoms with E-state index in [1.165, 1.54) is 18.9 Å². The number of methoxy groups -OCH3 is 1. The molecule has 8 heteroatoms. The van der Waals surface area contributed by atoms with Gasteiger partial charge in [-0.15, -0.1) is 0 Å². The molecular formula is C18H33NO6S. The van der Waals surface area contributed by atoms with Crippen LogP contribution in [0, 0.1) is 11.3 Å². The molecule has 0 spiro atoms. The molecule has 7 nitrogen and oxygen atoms in total. The van der Waals surface area contributed by atoms with Crippen LogP contribution in [-0.4, -0.2) is 56.3 Å². The molecule has 0 rings (SSSR count). The van der Waals surface area contributed by atoms with Crippen LogP contribution >= 0.6 is 11.8 Å². The predicted octanol–water partition coefficient (Wildman–Crippen LogP) is 2.16. The first-order valence-electron chi connectivity index (χ1n) is 8.99. The van der Waals surface area contributed by atoms with Gasteiger partial charge in [0.05, 0.1) is 31.5 Å². The number of hydrogen-bond donors (Lipinski definition) is 1. The minimum atomic E-state index is -0.862. The van der Waals surface area contributed by atoms with E-state index in [4.69, 9.17) is 15.2 Å². The molecule has 0 aliphatic rings. The van der Waals surface area contributed by atoms with E-state index in [2.05, 4.69) is 4.74 Å². The summed E-state index contributed by atoms with van der Waals surface area (Å²) in [5.41, 5.74) is 4.54. The van der Waals surface area contributed by atoms with Crippen molar-refractivity contribution in [2.75, 3.05) is 38.4 Å². The van der Waals surface area contributed by atoms with Crippen LogP contribution in [0.2, 0.25) is 0 Å². The van der Waals surface area contributed by atoms with E-state index in [9.17, 15) is 14.4 Å². The third-order valence-corrected chi connectivity index (χ3v) is 5.18. The number of carbonyl (C=O) groups excluding carboxylic acids is 3. The van der Waals surface area contributed by atoms with Gasteiger partial charge in [0.1, 0.15) is 6.61 Å². The summed E-state index contributed by atoms with van der Waals surface area (Å²) in [6.45, 7) is 6.31. The van der Waals surface area contributed by atoms with Gasteiger partial charge in [-0.05, 0) is 19.8 Å². The number of ether oxygens (including phenoxy) is 3. The number of esters is 3. The Morgan fingerprint density at radius 1 is 1.19 bits per heavy atom. The smallest absolute Gasteiger partial charge is 0.312 e. The molecule has 0 bridgehead atoms. The maximum atomic E-state index is 12.5. The van der Waals surface area contributed by atoms with Gasteiger partial charge in [0.25, 0.3) is 0 Å². The largest absolute Gasteiger partial charge is 0.469 e. The summed E-state index contributed by atoms with van der Waals surface area (Å²) in [6, 6.07) is 0. The molecular weight excluding hydrogens is 358 g/mol. The summed E-state index contributed by atoms with van der Waals surface area (Å²) in [6.07, 6.45) is 2.34. The minimum Gasteiger partial charge on any atom is -0.469 e. The topological polar surface area (TPSA) is 105 Å². The molecule has 0 aromatic heterocycles. The van der Waals surface area contributed by atoms with Crippen LogP contribution in [0.3, 0.4) is 0 Å². The SMILES string of the molecule is CCCCOC(=O)C(C)CC(C)(CSCCC(=O)OC)C(=O)OCCN. The van der Waals surface area contributed by atoms with Gasteiger partial charge in [-0.1, -0.05) is 20.3 Å². The fraction of sp³-hybridized carbons (Fsp3) is 0.833. The summed E-state index contributed by atoms with van der Waals surface area (Å²) < 4.78 is 15.1. The lowest BCUT2D eigenvalue weighted by molar-refractivity contribution is -0.157. The molecule has 0 heterocycles. The van der Waals surface area contributed by atoms with Crippen molar-refractivity contribution in [1.29, 1.82) is 0 Å². The van der Waals surface area contributed by atoms with Crippen LogP contribution in [0.15, 0.2) is 0 Å². The summed E-state index contributed by atoms with van der Waals surface area (Å²) in [4.78, 5) is 35.8. The average molecular weight is 392 g/mol. The number of nitrogens with two attached hydrogens (primary N) is 1. The quantitative estimate of drug-likeness (QED) is 0.273. The van der Waals surface area contributed by atoms with Crippen LogP contribution in [-0.2, 0) is 28.6 Å². The third-order valence-electron chi connectivity index (χ3n) is 3.84. The Labute approximate surface area is 160 Å². The third kappa shape index (κ3) is 10.0. The number of thioether (sulfide) groups is 1. The molecule has 0 fully saturated rings. The zero-order valence-electron chi connectivity index (χ0n) is 16.4. The van der Waals surface area contributed by atoms with Crippen LogP contribution in [0.1, 0.15) is 46.5 Å². The van der Waals surface area contributed by atoms with E-state index >= 15 is 0 Å². The monoisotopic (exact) mass is 391 g/mol. The highest BCUT2D eigenvalue weighted by Gasteiger charge is 2.38. The molecule has 0 radical (unpaired) electrons. The second kappa shape index (κ2) is 13.9. The molecule has 152 valence electrons. The molecule has 0 saturated heterocycles. The van der Waals surface area contributed by atoms with E-state index in [-0.39, 0.29) is 37.5 Å². The summed E-state index contributed by atoms with van der Waals surface area (Å²) in [7, 11) is 1.34. The summed E-state index contributed by atoms with van der Waals surface area (Å²) in [5, 5.41) is 0. The van der Waals surface area contributed by atoms with Gasteiger partial charge in [0.15, 0.2) is 0 Å². The number of hydrogen-bond acceptors (Lipinski definition) is 8. The lowest BCUT2D eigenvalue weighted by Crippen LogP contribution is -2.37. The lowest BCUT2D eigenvalue weighted by Gasteiger charge is -2.29. The molecule has 0 aromatic rings. The van der Waals surface area contributed by atoms with Gasteiger partial charge in [0.2, 0.25) is 0 Å². The fourth-order valence-corrected chi connectivity index (χ4v) is 3.44. The molecule has 0 aromatic carbocycles. The van der Waals surface area contributed by atoms with E-state index in [1.54, 1.807) is 13.8 Å². The van der Waals surface area contributed by atoms with Gasteiger partial charge < -0.3 is 19.9 Å². The maximum absolute atomic E-state index is 12.5. The fourth-order valence-electron chi connectivity index (χ4n) is 2.30. The van der Waals surface area contributed by atoms with Gasteiger partial charge in [-0.3, -0.25) is 14.4 Å². The number of unbranched alkanes of at least 4 members (excludes halogenated alkanes) is 1. The second-order valence-corrected chi connectivity index (χ2v) is 7.60. The van der Waals surface area contributed by atoms with Crippen molar-refractivity contribution in [3.63, 3.8) is 0 Å². The normalized spacial score (nSPS) is 14.2. The van der Waals surface area contributed by atoms with Crippen LogP contribution in [0.25, 0.3) is 0 Å². The van der Waals surface area contributed by atoms with Crippen molar-refractivity contribution in [2.45, 2.75) is 46.5 Å². The maximum Gasteiger partial charge on any atom is 0.312 e. The standard InChI is InChI=1S/C18H33NO6S/c1-5-6-9-24-16(21)14(2)12-18(3,17(22)25-10-8-19)13-26-11-7-15(20)23-4/h14H,5-13,19H2,1-4H3. The van der Waals surface area contributed by atoms with E-state index in [1.807, 2.05) is 6.92 Å². The van der Waals surface area contributed by atoms with Gasteiger partial charge in [0, 0.05) is 18.1 Å². The van der Waals surface area contributed by atoms with E-state index in [0.717, 1.165) is 12.8 Å². The zero-order valence-corrected chi connectivity index (χ0v) is 17.2. The molecule has 26 heavy (non-hydrogen) atoms. The Balaban J connectivity index is 4.77. The first kappa shape index (κ1) is 24.7. The summed E-state index contributed by atoms with van der Waals surface area (Å²) in [5.74, 6) is -0.458. The summed E-state index contributed by atoms with van der Waals surface area (Å²) >= 11 is 1.46. The molecule has 2 N–H and O–H groups in total. The molecule has 0 amide bonds. The van der Waals surface area contributed by atoms with Crippen LogP contribution in [0.4, 0.5) is 0 Å². The highest BCUT2D eigenvalue weighted by Crippen LogP contribution is 2.32. The Hall–Kier alpha value is -1.28. The van der Waals surface area contributed by atoms with E-state index < -0.39 is 11.3 Å². The Bertz CT molecular complexity index is 445. The number of carbonyl (C=O) groups is 3. The van der Waals surface area contributed by atoms with Crippen LogP contribution < -0.4 is 5.73 Å². The molecule has 2 atom stereocenters. The zero-order chi connectivity index (χ0) is 20.0. The van der Waals surface area contributed by atoms with Crippen molar-refractivity contribution in [1.82, 2.24) is 0 Å². The van der Waals surface area contributed by atoms with Crippen LogP contribution in [0.5, 0.6) is 0 Å². The Morgan fingerprint density at radius 2 is 1.88 bits per heavy atom. The van der Waals surface area contributed by atoms with Gasteiger partial charge in [-0.25, -0.2) is 0 Å². The van der Waals surface area contributed by atoms with Gasteiger partial charge >= 0.3 is 17.9 Å².